The first-order valence-electron chi connectivity index (χ1n) is 5.95. The number of benzene rings is 1. The number of hydrogen-bond donors (Lipinski definition) is 1. The fourth-order valence-electron chi connectivity index (χ4n) is 1.84. The number of aryl methyl sites for hydroxylation is 1. The Hall–Kier alpha value is -2.76. The van der Waals surface area contributed by atoms with Gasteiger partial charge in [-0.25, -0.2) is 9.37 Å². The van der Waals surface area contributed by atoms with Gasteiger partial charge < -0.3 is 10.3 Å². The molecule has 20 heavy (non-hydrogen) atoms. The molecule has 0 fully saturated rings. The van der Waals surface area contributed by atoms with Gasteiger partial charge in [0.1, 0.15) is 11.5 Å². The van der Waals surface area contributed by atoms with E-state index in [1.807, 2.05) is 0 Å². The Morgan fingerprint density at radius 1 is 1.20 bits per heavy atom. The summed E-state index contributed by atoms with van der Waals surface area (Å²) < 4.78 is 18.5. The lowest BCUT2D eigenvalue weighted by Crippen LogP contribution is -1.88. The van der Waals surface area contributed by atoms with E-state index >= 15 is 0 Å². The number of aromatic nitrogens is 3. The Bertz CT molecular complexity index is 732. The fraction of sp³-hybridized carbons (Fsp3) is 0.0714. The van der Waals surface area contributed by atoms with Gasteiger partial charge in [-0.15, -0.1) is 0 Å². The maximum absolute atomic E-state index is 13.4. The number of nitrogen functional groups attached to an aromatic ring is 1. The van der Waals surface area contributed by atoms with Crippen LogP contribution in [0.2, 0.25) is 0 Å². The van der Waals surface area contributed by atoms with E-state index in [1.54, 1.807) is 25.1 Å². The van der Waals surface area contributed by atoms with E-state index in [-0.39, 0.29) is 11.7 Å². The van der Waals surface area contributed by atoms with Crippen LogP contribution in [0.25, 0.3) is 23.0 Å². The summed E-state index contributed by atoms with van der Waals surface area (Å²) in [6.45, 7) is 1.80. The van der Waals surface area contributed by atoms with Crippen LogP contribution in [0.15, 0.2) is 41.1 Å². The highest BCUT2D eigenvalue weighted by atomic mass is 19.1. The number of hydrogen-bond acceptors (Lipinski definition) is 5. The largest absolute Gasteiger partial charge is 0.397 e. The number of pyridine rings is 1. The minimum absolute atomic E-state index is 0.266. The Balaban J connectivity index is 1.99. The maximum atomic E-state index is 13.4. The Morgan fingerprint density at radius 3 is 2.75 bits per heavy atom. The minimum atomic E-state index is -0.336. The summed E-state index contributed by atoms with van der Waals surface area (Å²) in [5, 5.41) is 3.84. The Morgan fingerprint density at radius 2 is 2.05 bits per heavy atom. The molecule has 2 aromatic heterocycles. The van der Waals surface area contributed by atoms with Crippen molar-refractivity contribution in [2.75, 3.05) is 5.73 Å². The second kappa shape index (κ2) is 4.73. The van der Waals surface area contributed by atoms with Crippen molar-refractivity contribution in [1.29, 1.82) is 0 Å². The highest BCUT2D eigenvalue weighted by Crippen LogP contribution is 2.22. The first kappa shape index (κ1) is 12.3. The molecule has 0 aliphatic carbocycles. The van der Waals surface area contributed by atoms with Gasteiger partial charge in [0.15, 0.2) is 0 Å². The molecule has 0 amide bonds. The molecular weight excluding hydrogens is 259 g/mol. The maximum Gasteiger partial charge on any atom is 0.276 e. The molecular formula is C14H11FN4O. The quantitative estimate of drug-likeness (QED) is 0.774. The number of rotatable bonds is 2. The van der Waals surface area contributed by atoms with Crippen LogP contribution in [0, 0.1) is 12.7 Å². The molecule has 3 aromatic rings. The van der Waals surface area contributed by atoms with Crippen LogP contribution in [0.1, 0.15) is 5.56 Å². The lowest BCUT2D eigenvalue weighted by molar-refractivity contribution is 0.431. The van der Waals surface area contributed by atoms with Gasteiger partial charge in [-0.1, -0.05) is 5.16 Å². The number of nitrogens with zero attached hydrogens (tertiary/aromatic N) is 3. The predicted octanol–water partition coefficient (Wildman–Crippen LogP) is 2.83. The number of anilines is 1. The van der Waals surface area contributed by atoms with Crippen LogP contribution in [-0.2, 0) is 0 Å². The minimum Gasteiger partial charge on any atom is -0.397 e. The molecule has 100 valence electrons. The van der Waals surface area contributed by atoms with Crippen molar-refractivity contribution in [2.45, 2.75) is 6.92 Å². The van der Waals surface area contributed by atoms with E-state index in [1.165, 1.54) is 18.3 Å². The average molecular weight is 270 g/mol. The number of halogens is 1. The summed E-state index contributed by atoms with van der Waals surface area (Å²) in [5.41, 5.74) is 7.98. The van der Waals surface area contributed by atoms with Crippen LogP contribution in [-0.4, -0.2) is 15.1 Å². The highest BCUT2D eigenvalue weighted by molar-refractivity contribution is 5.59. The standard InChI is InChI=1S/C14H11FN4O/c1-8-4-9(6-10(15)5-8)13-18-14(20-19-13)12-3-2-11(16)7-17-12/h2-7H,16H2,1H3. The SMILES string of the molecule is Cc1cc(F)cc(-c2noc(-c3ccc(N)cn3)n2)c1. The molecule has 6 heteroatoms. The fourth-order valence-corrected chi connectivity index (χ4v) is 1.84. The summed E-state index contributed by atoms with van der Waals surface area (Å²) in [4.78, 5) is 8.31. The lowest BCUT2D eigenvalue weighted by atomic mass is 10.1. The van der Waals surface area contributed by atoms with Gasteiger partial charge in [0, 0.05) is 5.56 Å². The molecule has 0 unspecified atom stereocenters. The third-order valence-electron chi connectivity index (χ3n) is 2.73. The monoisotopic (exact) mass is 270 g/mol. The average Bonchev–Trinajstić information content (AvgIpc) is 2.88. The van der Waals surface area contributed by atoms with Gasteiger partial charge in [-0.2, -0.15) is 4.98 Å². The van der Waals surface area contributed by atoms with Crippen molar-refractivity contribution in [3.05, 3.63) is 47.9 Å². The molecule has 0 saturated heterocycles. The molecule has 0 bridgehead atoms. The summed E-state index contributed by atoms with van der Waals surface area (Å²) in [5.74, 6) is 0.250. The third kappa shape index (κ3) is 2.35. The summed E-state index contributed by atoms with van der Waals surface area (Å²) in [7, 11) is 0. The number of nitrogens with two attached hydrogens (primary N) is 1. The first-order chi connectivity index (χ1) is 9.61. The third-order valence-corrected chi connectivity index (χ3v) is 2.73. The predicted molar refractivity (Wildman–Crippen MR) is 72.1 cm³/mol. The van der Waals surface area contributed by atoms with E-state index in [0.717, 1.165) is 5.56 Å². The van der Waals surface area contributed by atoms with Crippen molar-refractivity contribution >= 4 is 5.69 Å². The van der Waals surface area contributed by atoms with Crippen molar-refractivity contribution in [3.63, 3.8) is 0 Å². The molecule has 0 spiro atoms. The van der Waals surface area contributed by atoms with Gasteiger partial charge in [0.05, 0.1) is 11.9 Å². The van der Waals surface area contributed by atoms with Gasteiger partial charge in [0.2, 0.25) is 5.82 Å². The highest BCUT2D eigenvalue weighted by Gasteiger charge is 2.12. The van der Waals surface area contributed by atoms with E-state index < -0.39 is 0 Å². The zero-order chi connectivity index (χ0) is 14.1. The molecule has 0 aliphatic rings. The smallest absolute Gasteiger partial charge is 0.276 e. The van der Waals surface area contributed by atoms with Crippen LogP contribution in [0.3, 0.4) is 0 Å². The van der Waals surface area contributed by atoms with Crippen molar-refractivity contribution in [1.82, 2.24) is 15.1 Å². The molecule has 0 aliphatic heterocycles. The summed E-state index contributed by atoms with van der Waals surface area (Å²) >= 11 is 0. The molecule has 1 aromatic carbocycles. The normalized spacial score (nSPS) is 10.7. The molecule has 0 saturated carbocycles. The van der Waals surface area contributed by atoms with E-state index in [2.05, 4.69) is 15.1 Å². The molecule has 2 N–H and O–H groups in total. The van der Waals surface area contributed by atoms with Crippen LogP contribution in [0.5, 0.6) is 0 Å². The first-order valence-corrected chi connectivity index (χ1v) is 5.95. The van der Waals surface area contributed by atoms with E-state index in [4.69, 9.17) is 10.3 Å². The van der Waals surface area contributed by atoms with Gasteiger partial charge in [-0.3, -0.25) is 0 Å². The Labute approximate surface area is 114 Å². The second-order valence-electron chi connectivity index (χ2n) is 4.42. The zero-order valence-electron chi connectivity index (χ0n) is 10.7. The van der Waals surface area contributed by atoms with Crippen LogP contribution >= 0.6 is 0 Å². The van der Waals surface area contributed by atoms with Gasteiger partial charge >= 0.3 is 0 Å². The summed E-state index contributed by atoms with van der Waals surface area (Å²) in [6.07, 6.45) is 1.51. The topological polar surface area (TPSA) is 77.8 Å². The van der Waals surface area contributed by atoms with Crippen molar-refractivity contribution < 1.29 is 8.91 Å². The van der Waals surface area contributed by atoms with Gasteiger partial charge in [-0.05, 0) is 42.8 Å². The molecule has 0 atom stereocenters. The van der Waals surface area contributed by atoms with Gasteiger partial charge in [0.25, 0.3) is 5.89 Å². The second-order valence-corrected chi connectivity index (χ2v) is 4.42. The summed E-state index contributed by atoms with van der Waals surface area (Å²) in [6, 6.07) is 7.96. The van der Waals surface area contributed by atoms with Crippen LogP contribution < -0.4 is 5.73 Å². The molecule has 5 nitrogen and oxygen atoms in total. The molecule has 2 heterocycles. The van der Waals surface area contributed by atoms with Crippen molar-refractivity contribution in [2.24, 2.45) is 0 Å². The zero-order valence-corrected chi connectivity index (χ0v) is 10.7. The molecule has 0 radical (unpaired) electrons. The molecule has 3 rings (SSSR count). The van der Waals surface area contributed by atoms with E-state index in [9.17, 15) is 4.39 Å². The van der Waals surface area contributed by atoms with E-state index in [0.29, 0.717) is 22.8 Å². The Kier molecular flexibility index (Phi) is 2.90. The lowest BCUT2D eigenvalue weighted by Gasteiger charge is -1.97. The van der Waals surface area contributed by atoms with Crippen LogP contribution in [0.4, 0.5) is 10.1 Å². The van der Waals surface area contributed by atoms with Crippen molar-refractivity contribution in [3.8, 4) is 23.0 Å².